The van der Waals surface area contributed by atoms with Crippen LogP contribution in [0.15, 0.2) is 41.4 Å². The first-order valence-electron chi connectivity index (χ1n) is 9.23. The van der Waals surface area contributed by atoms with E-state index in [9.17, 15) is 22.8 Å². The van der Waals surface area contributed by atoms with Crippen LogP contribution in [0.4, 0.5) is 16.3 Å². The predicted molar refractivity (Wildman–Crippen MR) is 109 cm³/mol. The van der Waals surface area contributed by atoms with Gasteiger partial charge in [0.2, 0.25) is 5.91 Å². The van der Waals surface area contributed by atoms with Gasteiger partial charge in [0, 0.05) is 24.6 Å². The molecule has 0 aliphatic carbocycles. The van der Waals surface area contributed by atoms with Crippen molar-refractivity contribution < 1.29 is 22.8 Å². The number of fused-ring (bicyclic) bond motifs is 1. The van der Waals surface area contributed by atoms with Crippen LogP contribution in [0, 0.1) is 0 Å². The van der Waals surface area contributed by atoms with E-state index in [4.69, 9.17) is 0 Å². The van der Waals surface area contributed by atoms with Gasteiger partial charge in [0.25, 0.3) is 5.91 Å². The Hall–Kier alpha value is -3.27. The molecular formula is C20H20N4O5S. The van der Waals surface area contributed by atoms with Gasteiger partial charge in [-0.05, 0) is 49.7 Å². The van der Waals surface area contributed by atoms with Crippen LogP contribution in [-0.4, -0.2) is 47.9 Å². The highest BCUT2D eigenvalue weighted by Crippen LogP contribution is 2.35. The molecule has 0 radical (unpaired) electrons. The molecule has 156 valence electrons. The van der Waals surface area contributed by atoms with E-state index in [1.54, 1.807) is 26.1 Å². The monoisotopic (exact) mass is 428 g/mol. The molecule has 1 fully saturated rings. The molecule has 9 nitrogen and oxygen atoms in total. The lowest BCUT2D eigenvalue weighted by molar-refractivity contribution is -0.123. The summed E-state index contributed by atoms with van der Waals surface area (Å²) in [6, 6.07) is 6.84. The van der Waals surface area contributed by atoms with Crippen molar-refractivity contribution in [3.8, 4) is 0 Å². The minimum Gasteiger partial charge on any atom is -0.310 e. The van der Waals surface area contributed by atoms with Crippen molar-refractivity contribution in [3.63, 3.8) is 0 Å². The van der Waals surface area contributed by atoms with E-state index in [0.29, 0.717) is 11.5 Å². The van der Waals surface area contributed by atoms with Gasteiger partial charge < -0.3 is 10.2 Å². The Morgan fingerprint density at radius 1 is 1.10 bits per heavy atom. The Bertz CT molecular complexity index is 1190. The van der Waals surface area contributed by atoms with E-state index >= 15 is 0 Å². The molecule has 1 aromatic heterocycles. The molecule has 0 atom stereocenters. The number of sulfone groups is 1. The molecule has 0 spiro atoms. The third-order valence-electron chi connectivity index (χ3n) is 5.42. The largest absolute Gasteiger partial charge is 0.332 e. The molecule has 3 heterocycles. The van der Waals surface area contributed by atoms with Crippen LogP contribution in [0.3, 0.4) is 0 Å². The topological polar surface area (TPSA) is 117 Å². The van der Waals surface area contributed by atoms with Gasteiger partial charge in [0.15, 0.2) is 9.84 Å². The molecular weight excluding hydrogens is 408 g/mol. The average Bonchev–Trinajstić information content (AvgIpc) is 3.12. The molecule has 4 amide bonds. The summed E-state index contributed by atoms with van der Waals surface area (Å²) < 4.78 is 23.4. The zero-order valence-electron chi connectivity index (χ0n) is 16.7. The van der Waals surface area contributed by atoms with Gasteiger partial charge in [0.1, 0.15) is 11.4 Å². The van der Waals surface area contributed by atoms with Crippen molar-refractivity contribution in [1.29, 1.82) is 0 Å². The van der Waals surface area contributed by atoms with Gasteiger partial charge in [-0.2, -0.15) is 0 Å². The number of nitrogens with zero attached hydrogens (tertiary/aromatic N) is 3. The maximum Gasteiger partial charge on any atom is 0.332 e. The maximum atomic E-state index is 13.2. The number of hydrogen-bond donors (Lipinski definition) is 1. The fraction of sp³-hybridized carbons (Fsp3) is 0.300. The molecule has 0 bridgehead atoms. The number of nitrogens with one attached hydrogen (secondary N) is 1. The van der Waals surface area contributed by atoms with Crippen molar-refractivity contribution >= 4 is 39.2 Å². The SMILES string of the molecule is CC1(C)C(=O)N(c2ccc(S(C)(=O)=O)cc2)C(=O)N1Cc1ccnc2c1CC(=O)N2. The smallest absolute Gasteiger partial charge is 0.310 e. The summed E-state index contributed by atoms with van der Waals surface area (Å²) in [6.07, 6.45) is 2.81. The van der Waals surface area contributed by atoms with Crippen molar-refractivity contribution in [3.05, 3.63) is 47.7 Å². The minimum absolute atomic E-state index is 0.103. The highest BCUT2D eigenvalue weighted by atomic mass is 32.2. The van der Waals surface area contributed by atoms with Gasteiger partial charge in [-0.3, -0.25) is 9.59 Å². The normalized spacial score (nSPS) is 18.0. The zero-order valence-corrected chi connectivity index (χ0v) is 17.5. The van der Waals surface area contributed by atoms with E-state index in [0.717, 1.165) is 22.3 Å². The molecule has 30 heavy (non-hydrogen) atoms. The molecule has 1 N–H and O–H groups in total. The Morgan fingerprint density at radius 3 is 2.40 bits per heavy atom. The quantitative estimate of drug-likeness (QED) is 0.741. The number of carbonyl (C=O) groups is 3. The Balaban J connectivity index is 1.67. The molecule has 1 aromatic carbocycles. The second-order valence-corrected chi connectivity index (χ2v) is 9.87. The Labute approximate surface area is 173 Å². The molecule has 2 aliphatic heterocycles. The summed E-state index contributed by atoms with van der Waals surface area (Å²) in [7, 11) is -3.39. The number of urea groups is 1. The maximum absolute atomic E-state index is 13.2. The van der Waals surface area contributed by atoms with Crippen LogP contribution in [-0.2, 0) is 32.4 Å². The third kappa shape index (κ3) is 3.13. The van der Waals surface area contributed by atoms with Crippen molar-refractivity contribution in [2.24, 2.45) is 0 Å². The minimum atomic E-state index is -3.39. The number of hydrogen-bond acceptors (Lipinski definition) is 6. The second-order valence-electron chi connectivity index (χ2n) is 7.86. The lowest BCUT2D eigenvalue weighted by atomic mass is 10.0. The number of imide groups is 1. The van der Waals surface area contributed by atoms with Gasteiger partial charge in [-0.1, -0.05) is 0 Å². The Kier molecular flexibility index (Phi) is 4.42. The lowest BCUT2D eigenvalue weighted by Crippen LogP contribution is -2.43. The van der Waals surface area contributed by atoms with Crippen LogP contribution in [0.25, 0.3) is 0 Å². The summed E-state index contributed by atoms with van der Waals surface area (Å²) in [5.74, 6) is -0.110. The lowest BCUT2D eigenvalue weighted by Gasteiger charge is -2.28. The summed E-state index contributed by atoms with van der Waals surface area (Å²) in [6.45, 7) is 3.45. The number of anilines is 2. The number of carbonyl (C=O) groups excluding carboxylic acids is 3. The van der Waals surface area contributed by atoms with Gasteiger partial charge in [-0.15, -0.1) is 0 Å². The molecule has 0 saturated carbocycles. The number of pyridine rings is 1. The van der Waals surface area contributed by atoms with Crippen molar-refractivity contribution in [2.45, 2.75) is 37.2 Å². The molecule has 10 heteroatoms. The fourth-order valence-electron chi connectivity index (χ4n) is 3.66. The first-order chi connectivity index (χ1) is 14.0. The third-order valence-corrected chi connectivity index (χ3v) is 6.55. The number of benzene rings is 1. The summed E-state index contributed by atoms with van der Waals surface area (Å²) >= 11 is 0. The van der Waals surface area contributed by atoms with Crippen LogP contribution >= 0.6 is 0 Å². The van der Waals surface area contributed by atoms with Gasteiger partial charge in [0.05, 0.1) is 17.0 Å². The summed E-state index contributed by atoms with van der Waals surface area (Å²) in [4.78, 5) is 44.7. The predicted octanol–water partition coefficient (Wildman–Crippen LogP) is 1.73. The van der Waals surface area contributed by atoms with E-state index in [2.05, 4.69) is 10.3 Å². The van der Waals surface area contributed by atoms with E-state index in [1.165, 1.54) is 29.2 Å². The standard InChI is InChI=1S/C20H20N4O5S/c1-20(2)18(26)24(13-4-6-14(7-5-13)30(3,28)29)19(27)23(20)11-12-8-9-21-17-15(12)10-16(25)22-17/h4-9H,10-11H2,1-3H3,(H,21,22,25). The second kappa shape index (κ2) is 6.63. The van der Waals surface area contributed by atoms with Gasteiger partial charge in [-0.25, -0.2) is 23.1 Å². The first-order valence-corrected chi connectivity index (χ1v) is 11.1. The number of aromatic nitrogens is 1. The fourth-order valence-corrected chi connectivity index (χ4v) is 4.29. The van der Waals surface area contributed by atoms with Crippen LogP contribution < -0.4 is 10.2 Å². The molecule has 4 rings (SSSR count). The molecule has 0 unspecified atom stereocenters. The first kappa shape index (κ1) is 20.0. The van der Waals surface area contributed by atoms with Gasteiger partial charge >= 0.3 is 6.03 Å². The average molecular weight is 428 g/mol. The zero-order chi connectivity index (χ0) is 21.8. The molecule has 1 saturated heterocycles. The van der Waals surface area contributed by atoms with E-state index in [1.807, 2.05) is 0 Å². The Morgan fingerprint density at radius 2 is 1.77 bits per heavy atom. The summed E-state index contributed by atoms with van der Waals surface area (Å²) in [5.41, 5.74) is 0.625. The highest BCUT2D eigenvalue weighted by molar-refractivity contribution is 7.90. The number of rotatable bonds is 4. The highest BCUT2D eigenvalue weighted by Gasteiger charge is 2.52. The molecule has 2 aromatic rings. The van der Waals surface area contributed by atoms with Crippen molar-refractivity contribution in [2.75, 3.05) is 16.5 Å². The van der Waals surface area contributed by atoms with E-state index < -0.39 is 27.3 Å². The van der Waals surface area contributed by atoms with Crippen LogP contribution in [0.2, 0.25) is 0 Å². The molecule has 2 aliphatic rings. The van der Waals surface area contributed by atoms with E-state index in [-0.39, 0.29) is 23.8 Å². The van der Waals surface area contributed by atoms with Crippen LogP contribution in [0.1, 0.15) is 25.0 Å². The van der Waals surface area contributed by atoms with Crippen molar-refractivity contribution in [1.82, 2.24) is 9.88 Å². The number of amides is 4. The van der Waals surface area contributed by atoms with Crippen LogP contribution in [0.5, 0.6) is 0 Å². The summed E-state index contributed by atoms with van der Waals surface area (Å²) in [5, 5.41) is 2.68.